The van der Waals surface area contributed by atoms with Crippen LogP contribution in [-0.2, 0) is 0 Å². The molecule has 86 valence electrons. The van der Waals surface area contributed by atoms with E-state index in [9.17, 15) is 0 Å². The van der Waals surface area contributed by atoms with Crippen molar-refractivity contribution in [1.29, 1.82) is 0 Å². The summed E-state index contributed by atoms with van der Waals surface area (Å²) >= 11 is 0. The van der Waals surface area contributed by atoms with Gasteiger partial charge in [-0.2, -0.15) is 0 Å². The third-order valence-electron chi connectivity index (χ3n) is 2.45. The first-order valence-electron chi connectivity index (χ1n) is 5.94. The van der Waals surface area contributed by atoms with Crippen molar-refractivity contribution >= 4 is 0 Å². The number of allylic oxidation sites excluding steroid dienone is 4. The van der Waals surface area contributed by atoms with Crippen molar-refractivity contribution in [3.8, 4) is 0 Å². The third-order valence-corrected chi connectivity index (χ3v) is 2.45. The van der Waals surface area contributed by atoms with Gasteiger partial charge in [-0.1, -0.05) is 38.2 Å². The van der Waals surface area contributed by atoms with E-state index in [0.717, 1.165) is 6.54 Å². The Hall–Kier alpha value is -0.820. The van der Waals surface area contributed by atoms with Crippen LogP contribution in [-0.4, -0.2) is 25.0 Å². The Bertz CT molecular complexity index is 246. The van der Waals surface area contributed by atoms with Crippen LogP contribution < -0.4 is 0 Å². The molecule has 0 aromatic heterocycles. The Kier molecular flexibility index (Phi) is 8.02. The fraction of sp³-hybridized carbons (Fsp3) is 0.571. The van der Waals surface area contributed by atoms with Gasteiger partial charge in [0.1, 0.15) is 0 Å². The first kappa shape index (κ1) is 14.2. The summed E-state index contributed by atoms with van der Waals surface area (Å²) in [5.74, 6) is 0. The van der Waals surface area contributed by atoms with Gasteiger partial charge in [-0.15, -0.1) is 0 Å². The van der Waals surface area contributed by atoms with Crippen molar-refractivity contribution in [2.24, 2.45) is 0 Å². The van der Waals surface area contributed by atoms with E-state index in [0.29, 0.717) is 0 Å². The zero-order valence-electron chi connectivity index (χ0n) is 10.9. The van der Waals surface area contributed by atoms with Gasteiger partial charge in [-0.25, -0.2) is 0 Å². The summed E-state index contributed by atoms with van der Waals surface area (Å²) in [7, 11) is 2.18. The molecule has 1 aliphatic heterocycles. The van der Waals surface area contributed by atoms with Gasteiger partial charge in [0.25, 0.3) is 0 Å². The molecule has 0 N–H and O–H groups in total. The Labute approximate surface area is 95.2 Å². The van der Waals surface area contributed by atoms with Gasteiger partial charge in [0.15, 0.2) is 0 Å². The zero-order valence-corrected chi connectivity index (χ0v) is 10.9. The van der Waals surface area contributed by atoms with Gasteiger partial charge >= 0.3 is 0 Å². The second kappa shape index (κ2) is 8.49. The Morgan fingerprint density at radius 3 is 2.33 bits per heavy atom. The number of piperidine rings is 1. The molecule has 1 fully saturated rings. The second-order valence-corrected chi connectivity index (χ2v) is 3.52. The first-order valence-corrected chi connectivity index (χ1v) is 5.94. The molecule has 0 spiro atoms. The van der Waals surface area contributed by atoms with Crippen molar-refractivity contribution in [3.63, 3.8) is 0 Å². The van der Waals surface area contributed by atoms with Crippen LogP contribution in [0.4, 0.5) is 0 Å². The van der Waals surface area contributed by atoms with Crippen molar-refractivity contribution in [3.05, 3.63) is 35.5 Å². The van der Waals surface area contributed by atoms with Gasteiger partial charge in [0, 0.05) is 13.1 Å². The maximum Gasteiger partial charge on any atom is 0.0233 e. The zero-order chi connectivity index (χ0) is 11.7. The quantitative estimate of drug-likeness (QED) is 0.632. The summed E-state index contributed by atoms with van der Waals surface area (Å²) in [6.45, 7) is 10.5. The molecule has 0 saturated carbocycles. The molecule has 15 heavy (non-hydrogen) atoms. The van der Waals surface area contributed by atoms with E-state index in [1.807, 2.05) is 13.8 Å². The Balaban J connectivity index is 0.000000921. The van der Waals surface area contributed by atoms with E-state index in [4.69, 9.17) is 0 Å². The van der Waals surface area contributed by atoms with Crippen LogP contribution in [0, 0.1) is 0 Å². The minimum atomic E-state index is 1.09. The van der Waals surface area contributed by atoms with Crippen LogP contribution in [0.2, 0.25) is 0 Å². The van der Waals surface area contributed by atoms with Crippen LogP contribution in [0.15, 0.2) is 35.5 Å². The molecule has 0 atom stereocenters. The van der Waals surface area contributed by atoms with Gasteiger partial charge < -0.3 is 4.90 Å². The van der Waals surface area contributed by atoms with E-state index in [-0.39, 0.29) is 0 Å². The monoisotopic (exact) mass is 207 g/mol. The predicted molar refractivity (Wildman–Crippen MR) is 70.1 cm³/mol. The highest BCUT2D eigenvalue weighted by Crippen LogP contribution is 2.20. The highest BCUT2D eigenvalue weighted by atomic mass is 15.1. The second-order valence-electron chi connectivity index (χ2n) is 3.52. The van der Waals surface area contributed by atoms with Crippen molar-refractivity contribution < 1.29 is 0 Å². The summed E-state index contributed by atoms with van der Waals surface area (Å²) < 4.78 is 0. The molecule has 0 unspecified atom stereocenters. The van der Waals surface area contributed by atoms with Crippen molar-refractivity contribution in [1.82, 2.24) is 4.90 Å². The predicted octanol–water partition coefficient (Wildman–Crippen LogP) is 3.80. The molecule has 1 aliphatic rings. The van der Waals surface area contributed by atoms with Crippen LogP contribution in [0.1, 0.15) is 34.1 Å². The average Bonchev–Trinajstić information content (AvgIpc) is 2.29. The van der Waals surface area contributed by atoms with Crippen molar-refractivity contribution in [2.45, 2.75) is 34.1 Å². The highest BCUT2D eigenvalue weighted by molar-refractivity contribution is 5.36. The molecular formula is C14H25N. The summed E-state index contributed by atoms with van der Waals surface area (Å²) in [4.78, 5) is 2.36. The third kappa shape index (κ3) is 4.98. The fourth-order valence-electron chi connectivity index (χ4n) is 1.65. The molecule has 0 radical (unpaired) electrons. The fourth-order valence-corrected chi connectivity index (χ4v) is 1.65. The molecule has 1 saturated heterocycles. The van der Waals surface area contributed by atoms with Gasteiger partial charge in [-0.05, 0) is 38.5 Å². The number of likely N-dealkylation sites (N-methyl/N-ethyl adjacent to an activating group) is 1. The van der Waals surface area contributed by atoms with E-state index >= 15 is 0 Å². The first-order chi connectivity index (χ1) is 7.27. The number of likely N-dealkylation sites (tertiary alicyclic amines) is 1. The lowest BCUT2D eigenvalue weighted by Gasteiger charge is -2.26. The largest absolute Gasteiger partial charge is 0.302 e. The van der Waals surface area contributed by atoms with Crippen LogP contribution >= 0.6 is 0 Å². The molecule has 1 heteroatoms. The molecule has 0 amide bonds. The molecule has 0 aromatic carbocycles. The highest BCUT2D eigenvalue weighted by Gasteiger charge is 2.13. The molecule has 0 bridgehead atoms. The number of hydrogen-bond acceptors (Lipinski definition) is 1. The maximum absolute atomic E-state index is 2.36. The van der Waals surface area contributed by atoms with Crippen LogP contribution in [0.25, 0.3) is 0 Å². The number of nitrogens with zero attached hydrogens (tertiary/aromatic N) is 1. The summed E-state index contributed by atoms with van der Waals surface area (Å²) in [6, 6.07) is 0. The van der Waals surface area contributed by atoms with Gasteiger partial charge in [0.05, 0.1) is 0 Å². The maximum atomic E-state index is 2.36. The van der Waals surface area contributed by atoms with Crippen LogP contribution in [0.3, 0.4) is 0 Å². The summed E-state index contributed by atoms with van der Waals surface area (Å²) in [5, 5.41) is 0. The molecule has 1 heterocycles. The minimum absolute atomic E-state index is 1.09. The summed E-state index contributed by atoms with van der Waals surface area (Å²) in [6.07, 6.45) is 9.86. The van der Waals surface area contributed by atoms with Crippen molar-refractivity contribution in [2.75, 3.05) is 20.1 Å². The Morgan fingerprint density at radius 2 is 1.80 bits per heavy atom. The summed E-state index contributed by atoms with van der Waals surface area (Å²) in [5.41, 5.74) is 2.98. The molecule has 1 rings (SSSR count). The molecule has 0 aromatic rings. The molecule has 0 aliphatic carbocycles. The lowest BCUT2D eigenvalue weighted by molar-refractivity contribution is 0.348. The molecule has 1 nitrogen and oxygen atoms in total. The SMILES string of the molecule is CC.C\C=C/C=C1/CN(C)CC/C1=C/C. The lowest BCUT2D eigenvalue weighted by atomic mass is 9.97. The lowest BCUT2D eigenvalue weighted by Crippen LogP contribution is -2.28. The number of rotatable bonds is 1. The van der Waals surface area contributed by atoms with E-state index in [2.05, 4.69) is 50.1 Å². The topological polar surface area (TPSA) is 3.24 Å². The van der Waals surface area contributed by atoms with Gasteiger partial charge in [0.2, 0.25) is 0 Å². The van der Waals surface area contributed by atoms with E-state index < -0.39 is 0 Å². The van der Waals surface area contributed by atoms with Crippen LogP contribution in [0.5, 0.6) is 0 Å². The van der Waals surface area contributed by atoms with E-state index in [1.54, 1.807) is 0 Å². The average molecular weight is 207 g/mol. The Morgan fingerprint density at radius 1 is 1.13 bits per heavy atom. The molecular weight excluding hydrogens is 182 g/mol. The normalized spacial score (nSPS) is 23.3. The van der Waals surface area contributed by atoms with Gasteiger partial charge in [-0.3, -0.25) is 0 Å². The minimum Gasteiger partial charge on any atom is -0.302 e. The smallest absolute Gasteiger partial charge is 0.0233 e. The standard InChI is InChI=1S/C12H19N.C2H6/c1-4-6-7-12-10-13(3)9-8-11(12)5-2;1-2/h4-7H,8-10H2,1-3H3;1-2H3/b6-4-,11-5-,12-7-;. The van der Waals surface area contributed by atoms with E-state index in [1.165, 1.54) is 24.1 Å². The number of hydrogen-bond donors (Lipinski definition) is 0.